The third-order valence-electron chi connectivity index (χ3n) is 5.56. The molecule has 0 radical (unpaired) electrons. The van der Waals surface area contributed by atoms with Gasteiger partial charge in [-0.15, -0.1) is 11.3 Å². The molecule has 1 aromatic carbocycles. The van der Waals surface area contributed by atoms with E-state index in [9.17, 15) is 4.79 Å². The third-order valence-corrected chi connectivity index (χ3v) is 6.50. The van der Waals surface area contributed by atoms with E-state index >= 15 is 0 Å². The molecule has 32 heavy (non-hydrogen) atoms. The van der Waals surface area contributed by atoms with Gasteiger partial charge in [0.25, 0.3) is 5.56 Å². The molecule has 0 saturated carbocycles. The number of rotatable bonds is 9. The van der Waals surface area contributed by atoms with E-state index in [0.29, 0.717) is 12.4 Å². The summed E-state index contributed by atoms with van der Waals surface area (Å²) in [7, 11) is 2.07. The number of aryl methyl sites for hydroxylation is 2. The van der Waals surface area contributed by atoms with Gasteiger partial charge in [-0.3, -0.25) is 9.36 Å². The molecule has 2 heterocycles. The Morgan fingerprint density at radius 2 is 2.12 bits per heavy atom. The lowest BCUT2D eigenvalue weighted by molar-refractivity contribution is 0.244. The van der Waals surface area contributed by atoms with Crippen molar-refractivity contribution < 1.29 is 9.84 Å². The van der Waals surface area contributed by atoms with E-state index in [4.69, 9.17) is 9.84 Å². The summed E-state index contributed by atoms with van der Waals surface area (Å²) in [4.78, 5) is 19.3. The second kappa shape index (κ2) is 10.3. The lowest BCUT2D eigenvalue weighted by Gasteiger charge is -2.21. The van der Waals surface area contributed by atoms with Gasteiger partial charge in [-0.1, -0.05) is 18.2 Å². The number of aliphatic hydroxyl groups excluding tert-OH is 1. The average molecular weight is 452 g/mol. The van der Waals surface area contributed by atoms with Crippen LogP contribution < -0.4 is 10.3 Å². The van der Waals surface area contributed by atoms with Crippen molar-refractivity contribution in [3.63, 3.8) is 0 Å². The van der Waals surface area contributed by atoms with Crippen LogP contribution in [0.25, 0.3) is 11.8 Å². The van der Waals surface area contributed by atoms with Crippen molar-refractivity contribution in [3.8, 4) is 5.75 Å². The summed E-state index contributed by atoms with van der Waals surface area (Å²) in [6.45, 7) is 4.29. The molecule has 0 bridgehead atoms. The van der Waals surface area contributed by atoms with Crippen LogP contribution in [-0.4, -0.2) is 39.8 Å². The number of nitrogens with zero attached hydrogens (tertiary/aromatic N) is 3. The van der Waals surface area contributed by atoms with Gasteiger partial charge in [-0.25, -0.2) is 4.98 Å². The van der Waals surface area contributed by atoms with E-state index in [1.54, 1.807) is 28.2 Å². The van der Waals surface area contributed by atoms with Crippen molar-refractivity contribution in [1.82, 2.24) is 14.5 Å². The predicted octanol–water partition coefficient (Wildman–Crippen LogP) is 3.95. The van der Waals surface area contributed by atoms with Gasteiger partial charge < -0.3 is 14.7 Å². The first-order valence-corrected chi connectivity index (χ1v) is 11.8. The van der Waals surface area contributed by atoms with E-state index in [2.05, 4.69) is 41.2 Å². The molecule has 1 N–H and O–H groups in total. The maximum Gasteiger partial charge on any atom is 0.258 e. The zero-order valence-corrected chi connectivity index (χ0v) is 19.4. The highest BCUT2D eigenvalue weighted by Gasteiger charge is 2.14. The van der Waals surface area contributed by atoms with Gasteiger partial charge in [-0.05, 0) is 62.1 Å². The van der Waals surface area contributed by atoms with E-state index in [0.717, 1.165) is 48.8 Å². The van der Waals surface area contributed by atoms with E-state index < -0.39 is 0 Å². The molecule has 4 rings (SSSR count). The third kappa shape index (κ3) is 5.54. The van der Waals surface area contributed by atoms with Gasteiger partial charge in [0.15, 0.2) is 0 Å². The second-order valence-electron chi connectivity index (χ2n) is 8.23. The molecule has 0 saturated heterocycles. The summed E-state index contributed by atoms with van der Waals surface area (Å²) in [5.41, 5.74) is 5.64. The number of aliphatic hydroxyl groups is 1. The number of pyridine rings is 1. The number of thiazole rings is 1. The molecule has 7 heteroatoms. The minimum atomic E-state index is -0.0883. The number of benzene rings is 1. The van der Waals surface area contributed by atoms with E-state index in [1.165, 1.54) is 16.7 Å². The molecule has 6 nitrogen and oxygen atoms in total. The van der Waals surface area contributed by atoms with Crippen molar-refractivity contribution in [2.24, 2.45) is 0 Å². The zero-order chi connectivity index (χ0) is 22.5. The lowest BCUT2D eigenvalue weighted by Crippen LogP contribution is -2.21. The van der Waals surface area contributed by atoms with Crippen LogP contribution in [-0.2, 0) is 19.6 Å². The Hall–Kier alpha value is -2.74. The number of ether oxygens (including phenoxy) is 1. The minimum Gasteiger partial charge on any atom is -0.486 e. The Bertz CT molecular complexity index is 1170. The van der Waals surface area contributed by atoms with Gasteiger partial charge in [-0.2, -0.15) is 0 Å². The zero-order valence-electron chi connectivity index (χ0n) is 18.6. The van der Waals surface area contributed by atoms with Crippen LogP contribution in [0.5, 0.6) is 5.75 Å². The van der Waals surface area contributed by atoms with Crippen LogP contribution in [0, 0.1) is 6.92 Å². The monoisotopic (exact) mass is 451 g/mol. The molecule has 0 spiro atoms. The van der Waals surface area contributed by atoms with Crippen molar-refractivity contribution in [1.29, 1.82) is 0 Å². The quantitative estimate of drug-likeness (QED) is 0.534. The number of hydrogen-bond donors (Lipinski definition) is 1. The Kier molecular flexibility index (Phi) is 7.19. The highest BCUT2D eigenvalue weighted by Crippen LogP contribution is 2.27. The molecule has 2 aromatic heterocycles. The standard InChI is InChI=1S/C25H29N3O3S/c1-18-17-32-24(26-18)16-31-23-8-10-28(25(30)14-23)22-7-6-20-12-19(4-5-21(20)13-22)15-27(2)9-3-11-29/h4-5,8,10,12-14,17,29H,3,6-7,9,11,15-16H2,1-2H3. The van der Waals surface area contributed by atoms with Gasteiger partial charge in [0.1, 0.15) is 17.4 Å². The molecular formula is C25H29N3O3S. The molecule has 168 valence electrons. The molecule has 0 amide bonds. The van der Waals surface area contributed by atoms with E-state index in [1.807, 2.05) is 18.4 Å². The van der Waals surface area contributed by atoms with Crippen molar-refractivity contribution in [2.45, 2.75) is 39.3 Å². The normalized spacial score (nSPS) is 13.2. The van der Waals surface area contributed by atoms with Crippen molar-refractivity contribution in [2.75, 3.05) is 20.2 Å². The molecular weight excluding hydrogens is 422 g/mol. The summed E-state index contributed by atoms with van der Waals surface area (Å²) >= 11 is 1.56. The Morgan fingerprint density at radius 3 is 2.88 bits per heavy atom. The number of hydrogen-bond acceptors (Lipinski definition) is 6. The lowest BCUT2D eigenvalue weighted by atomic mass is 9.93. The highest BCUT2D eigenvalue weighted by molar-refractivity contribution is 7.09. The SMILES string of the molecule is Cc1csc(COc2ccn(C3=Cc4ccc(CN(C)CCCO)cc4CC3)c(=O)c2)n1. The first-order chi connectivity index (χ1) is 15.5. The summed E-state index contributed by atoms with van der Waals surface area (Å²) in [5, 5.41) is 11.9. The summed E-state index contributed by atoms with van der Waals surface area (Å²) < 4.78 is 7.46. The molecule has 1 aliphatic rings. The maximum atomic E-state index is 12.7. The fourth-order valence-electron chi connectivity index (χ4n) is 3.95. The molecule has 3 aromatic rings. The fourth-order valence-corrected chi connectivity index (χ4v) is 4.64. The number of fused-ring (bicyclic) bond motifs is 1. The van der Waals surface area contributed by atoms with Gasteiger partial charge in [0.2, 0.25) is 0 Å². The van der Waals surface area contributed by atoms with E-state index in [-0.39, 0.29) is 12.2 Å². The summed E-state index contributed by atoms with van der Waals surface area (Å²) in [6.07, 6.45) is 6.42. The maximum absolute atomic E-state index is 12.7. The largest absolute Gasteiger partial charge is 0.486 e. The summed E-state index contributed by atoms with van der Waals surface area (Å²) in [6, 6.07) is 9.93. The number of aromatic nitrogens is 2. The smallest absolute Gasteiger partial charge is 0.258 e. The molecule has 1 aliphatic carbocycles. The van der Waals surface area contributed by atoms with Crippen LogP contribution in [0.3, 0.4) is 0 Å². The highest BCUT2D eigenvalue weighted by atomic mass is 32.1. The minimum absolute atomic E-state index is 0.0883. The first kappa shape index (κ1) is 22.5. The van der Waals surface area contributed by atoms with Crippen LogP contribution in [0.2, 0.25) is 0 Å². The topological polar surface area (TPSA) is 67.6 Å². The van der Waals surface area contributed by atoms with Crippen LogP contribution in [0.4, 0.5) is 0 Å². The average Bonchev–Trinajstić information content (AvgIpc) is 3.21. The first-order valence-electron chi connectivity index (χ1n) is 10.9. The Morgan fingerprint density at radius 1 is 1.25 bits per heavy atom. The van der Waals surface area contributed by atoms with Crippen LogP contribution >= 0.6 is 11.3 Å². The summed E-state index contributed by atoms with van der Waals surface area (Å²) in [5.74, 6) is 0.561. The molecule has 0 unspecified atom stereocenters. The molecule has 0 fully saturated rings. The molecule has 0 atom stereocenters. The van der Waals surface area contributed by atoms with Gasteiger partial charge in [0, 0.05) is 48.7 Å². The molecule has 0 aliphatic heterocycles. The van der Waals surface area contributed by atoms with Crippen LogP contribution in [0.1, 0.15) is 40.2 Å². The van der Waals surface area contributed by atoms with Crippen molar-refractivity contribution >= 4 is 23.1 Å². The second-order valence-corrected chi connectivity index (χ2v) is 9.17. The van der Waals surface area contributed by atoms with Crippen molar-refractivity contribution in [3.05, 3.63) is 79.7 Å². The Balaban J connectivity index is 1.45. The number of allylic oxidation sites excluding steroid dienone is 1. The van der Waals surface area contributed by atoms with Crippen LogP contribution in [0.15, 0.2) is 46.7 Å². The fraction of sp³-hybridized carbons (Fsp3) is 0.360. The Labute approximate surface area is 192 Å². The predicted molar refractivity (Wildman–Crippen MR) is 129 cm³/mol. The van der Waals surface area contributed by atoms with Gasteiger partial charge >= 0.3 is 0 Å². The van der Waals surface area contributed by atoms with Gasteiger partial charge in [0.05, 0.1) is 0 Å².